The van der Waals surface area contributed by atoms with E-state index in [9.17, 15) is 0 Å². The summed E-state index contributed by atoms with van der Waals surface area (Å²) in [6, 6.07) is 3.68. The van der Waals surface area contributed by atoms with Gasteiger partial charge in [0.25, 0.3) is 0 Å². The Kier molecular flexibility index (Phi) is 2.32. The molecule has 0 unspecified atom stereocenters. The number of rotatable bonds is 0. The normalized spacial score (nSPS) is 15.8. The van der Waals surface area contributed by atoms with Gasteiger partial charge in [0.2, 0.25) is 0 Å². The van der Waals surface area contributed by atoms with E-state index < -0.39 is 0 Å². The van der Waals surface area contributed by atoms with Gasteiger partial charge in [-0.25, -0.2) is 0 Å². The van der Waals surface area contributed by atoms with Crippen molar-refractivity contribution in [1.82, 2.24) is 0 Å². The van der Waals surface area contributed by atoms with Crippen LogP contribution in [0.2, 0.25) is 5.02 Å². The van der Waals surface area contributed by atoms with Crippen LogP contribution in [0.4, 0.5) is 5.69 Å². The van der Waals surface area contributed by atoms with Crippen molar-refractivity contribution in [2.45, 2.75) is 19.3 Å². The lowest BCUT2D eigenvalue weighted by molar-refractivity contribution is 0.318. The number of aryl methyl sites for hydroxylation is 1. The second-order valence-electron chi connectivity index (χ2n) is 3.29. The molecule has 2 nitrogen and oxygen atoms in total. The van der Waals surface area contributed by atoms with E-state index in [1.54, 1.807) is 6.07 Å². The quantitative estimate of drug-likeness (QED) is 0.649. The summed E-state index contributed by atoms with van der Waals surface area (Å²) in [5, 5.41) is 0.696. The maximum atomic E-state index is 5.90. The van der Waals surface area contributed by atoms with Gasteiger partial charge in [-0.2, -0.15) is 0 Å². The van der Waals surface area contributed by atoms with Crippen LogP contribution in [0.15, 0.2) is 12.1 Å². The third-order valence-electron chi connectivity index (χ3n) is 2.25. The maximum absolute atomic E-state index is 5.90. The van der Waals surface area contributed by atoms with Crippen molar-refractivity contribution in [2.24, 2.45) is 0 Å². The first-order valence-corrected chi connectivity index (χ1v) is 4.86. The molecule has 1 heterocycles. The SMILES string of the molecule is Nc1cc(Cl)cc2c1OCCCC2. The van der Waals surface area contributed by atoms with E-state index in [2.05, 4.69) is 0 Å². The van der Waals surface area contributed by atoms with Crippen LogP contribution in [-0.4, -0.2) is 6.61 Å². The zero-order valence-electron chi connectivity index (χ0n) is 7.35. The van der Waals surface area contributed by atoms with Crippen molar-refractivity contribution in [1.29, 1.82) is 0 Å². The molecule has 70 valence electrons. The maximum Gasteiger partial charge on any atom is 0.145 e. The number of anilines is 1. The highest BCUT2D eigenvalue weighted by molar-refractivity contribution is 6.31. The minimum absolute atomic E-state index is 0.657. The molecule has 1 aliphatic heterocycles. The van der Waals surface area contributed by atoms with Gasteiger partial charge in [-0.15, -0.1) is 0 Å². The number of hydrogen-bond acceptors (Lipinski definition) is 2. The lowest BCUT2D eigenvalue weighted by atomic mass is 10.1. The average Bonchev–Trinajstić information content (AvgIpc) is 2.28. The van der Waals surface area contributed by atoms with E-state index in [1.165, 1.54) is 0 Å². The molecule has 1 aromatic rings. The Morgan fingerprint density at radius 3 is 3.00 bits per heavy atom. The highest BCUT2D eigenvalue weighted by Crippen LogP contribution is 2.33. The van der Waals surface area contributed by atoms with E-state index >= 15 is 0 Å². The van der Waals surface area contributed by atoms with Crippen LogP contribution >= 0.6 is 11.6 Å². The topological polar surface area (TPSA) is 35.2 Å². The Morgan fingerprint density at radius 1 is 1.31 bits per heavy atom. The zero-order valence-corrected chi connectivity index (χ0v) is 8.10. The summed E-state index contributed by atoms with van der Waals surface area (Å²) in [6.07, 6.45) is 3.25. The Hall–Kier alpha value is -0.890. The summed E-state index contributed by atoms with van der Waals surface area (Å²) in [5.41, 5.74) is 7.60. The lowest BCUT2D eigenvalue weighted by Gasteiger charge is -2.10. The Morgan fingerprint density at radius 2 is 2.15 bits per heavy atom. The number of nitrogens with two attached hydrogens (primary N) is 1. The van der Waals surface area contributed by atoms with Gasteiger partial charge in [0.05, 0.1) is 12.3 Å². The molecule has 0 radical (unpaired) electrons. The molecular formula is C10H12ClNO. The minimum atomic E-state index is 0.657. The van der Waals surface area contributed by atoms with Gasteiger partial charge in [0.15, 0.2) is 0 Å². The smallest absolute Gasteiger partial charge is 0.145 e. The second kappa shape index (κ2) is 3.46. The number of ether oxygens (including phenoxy) is 1. The molecule has 0 amide bonds. The molecule has 0 aromatic heterocycles. The largest absolute Gasteiger partial charge is 0.491 e. The van der Waals surface area contributed by atoms with Crippen LogP contribution in [-0.2, 0) is 6.42 Å². The minimum Gasteiger partial charge on any atom is -0.491 e. The highest BCUT2D eigenvalue weighted by atomic mass is 35.5. The van der Waals surface area contributed by atoms with Crippen molar-refractivity contribution >= 4 is 17.3 Å². The molecule has 0 atom stereocenters. The monoisotopic (exact) mass is 197 g/mol. The van der Waals surface area contributed by atoms with Crippen LogP contribution in [0.1, 0.15) is 18.4 Å². The van der Waals surface area contributed by atoms with Crippen molar-refractivity contribution in [2.75, 3.05) is 12.3 Å². The number of hydrogen-bond donors (Lipinski definition) is 1. The first-order valence-electron chi connectivity index (χ1n) is 4.48. The summed E-state index contributed by atoms with van der Waals surface area (Å²) in [4.78, 5) is 0. The van der Waals surface area contributed by atoms with E-state index in [4.69, 9.17) is 22.1 Å². The first-order chi connectivity index (χ1) is 6.27. The first kappa shape index (κ1) is 8.70. The predicted molar refractivity (Wildman–Crippen MR) is 54.3 cm³/mol. The van der Waals surface area contributed by atoms with E-state index in [0.717, 1.165) is 37.2 Å². The summed E-state index contributed by atoms with van der Waals surface area (Å²) in [5.74, 6) is 0.835. The Balaban J connectivity index is 2.47. The standard InChI is InChI=1S/C10H12ClNO/c11-8-5-7-3-1-2-4-13-10(7)9(12)6-8/h5-6H,1-4,12H2. The third-order valence-corrected chi connectivity index (χ3v) is 2.46. The van der Waals surface area contributed by atoms with Gasteiger partial charge in [-0.3, -0.25) is 0 Å². The fourth-order valence-electron chi connectivity index (χ4n) is 1.63. The van der Waals surface area contributed by atoms with Crippen LogP contribution in [0.5, 0.6) is 5.75 Å². The summed E-state index contributed by atoms with van der Waals surface area (Å²) in [7, 11) is 0. The number of halogens is 1. The molecule has 0 bridgehead atoms. The van der Waals surface area contributed by atoms with Gasteiger partial charge in [0, 0.05) is 5.02 Å². The summed E-state index contributed by atoms with van der Waals surface area (Å²) < 4.78 is 5.55. The van der Waals surface area contributed by atoms with E-state index in [-0.39, 0.29) is 0 Å². The van der Waals surface area contributed by atoms with Crippen LogP contribution in [0, 0.1) is 0 Å². The summed E-state index contributed by atoms with van der Waals surface area (Å²) >= 11 is 5.90. The number of fused-ring (bicyclic) bond motifs is 1. The average molecular weight is 198 g/mol. The van der Waals surface area contributed by atoms with Crippen molar-refractivity contribution in [3.8, 4) is 5.75 Å². The number of nitrogen functional groups attached to an aromatic ring is 1. The van der Waals surface area contributed by atoms with Crippen LogP contribution in [0.25, 0.3) is 0 Å². The molecule has 3 heteroatoms. The zero-order chi connectivity index (χ0) is 9.26. The number of benzene rings is 1. The molecule has 0 fully saturated rings. The molecule has 0 spiro atoms. The molecule has 2 N–H and O–H groups in total. The van der Waals surface area contributed by atoms with Gasteiger partial charge in [0.1, 0.15) is 5.75 Å². The third kappa shape index (κ3) is 1.73. The van der Waals surface area contributed by atoms with Gasteiger partial charge in [-0.05, 0) is 37.0 Å². The Bertz CT molecular complexity index is 325. The van der Waals surface area contributed by atoms with Crippen LogP contribution in [0.3, 0.4) is 0 Å². The fourth-order valence-corrected chi connectivity index (χ4v) is 1.88. The highest BCUT2D eigenvalue weighted by Gasteiger charge is 2.12. The van der Waals surface area contributed by atoms with Gasteiger partial charge < -0.3 is 10.5 Å². The Labute approximate surface area is 82.6 Å². The van der Waals surface area contributed by atoms with Crippen LogP contribution < -0.4 is 10.5 Å². The lowest BCUT2D eigenvalue weighted by Crippen LogP contribution is -1.99. The van der Waals surface area contributed by atoms with Gasteiger partial charge >= 0.3 is 0 Å². The molecule has 1 aromatic carbocycles. The fraction of sp³-hybridized carbons (Fsp3) is 0.400. The van der Waals surface area contributed by atoms with Crippen molar-refractivity contribution in [3.63, 3.8) is 0 Å². The molecule has 13 heavy (non-hydrogen) atoms. The van der Waals surface area contributed by atoms with Crippen molar-refractivity contribution in [3.05, 3.63) is 22.7 Å². The molecule has 0 aliphatic carbocycles. The molecule has 0 saturated heterocycles. The molecular weight excluding hydrogens is 186 g/mol. The van der Waals surface area contributed by atoms with E-state index in [0.29, 0.717) is 10.7 Å². The predicted octanol–water partition coefficient (Wildman–Crippen LogP) is 2.64. The molecule has 0 saturated carbocycles. The summed E-state index contributed by atoms with van der Waals surface area (Å²) in [6.45, 7) is 0.763. The molecule has 1 aliphatic rings. The van der Waals surface area contributed by atoms with Gasteiger partial charge in [-0.1, -0.05) is 11.6 Å². The molecule has 2 rings (SSSR count). The van der Waals surface area contributed by atoms with Crippen molar-refractivity contribution < 1.29 is 4.74 Å². The second-order valence-corrected chi connectivity index (χ2v) is 3.73. The van der Waals surface area contributed by atoms with E-state index in [1.807, 2.05) is 6.07 Å².